The van der Waals surface area contributed by atoms with E-state index in [-0.39, 0.29) is 17.7 Å². The third-order valence-corrected chi connectivity index (χ3v) is 3.30. The second kappa shape index (κ2) is 6.08. The maximum absolute atomic E-state index is 13.7. The largest absolute Gasteiger partial charge is 0.378 e. The van der Waals surface area contributed by atoms with E-state index in [4.69, 9.17) is 28.5 Å². The second-order valence-electron chi connectivity index (χ2n) is 3.98. The van der Waals surface area contributed by atoms with Gasteiger partial charge in [-0.3, -0.25) is 0 Å². The summed E-state index contributed by atoms with van der Waals surface area (Å²) in [5, 5.41) is 12.1. The fourth-order valence-corrected chi connectivity index (χ4v) is 2.21. The van der Waals surface area contributed by atoms with Gasteiger partial charge in [0.15, 0.2) is 0 Å². The van der Waals surface area contributed by atoms with E-state index in [1.54, 1.807) is 24.3 Å². The molecule has 0 saturated heterocycles. The Morgan fingerprint density at radius 2 is 1.65 bits per heavy atom. The van der Waals surface area contributed by atoms with Crippen molar-refractivity contribution in [3.05, 3.63) is 63.1 Å². The van der Waals surface area contributed by atoms with E-state index in [9.17, 15) is 8.78 Å². The van der Waals surface area contributed by atoms with Gasteiger partial charge in [0.25, 0.3) is 0 Å². The van der Waals surface area contributed by atoms with Crippen molar-refractivity contribution in [1.29, 1.82) is 5.26 Å². The molecule has 102 valence electrons. The van der Waals surface area contributed by atoms with E-state index < -0.39 is 11.6 Å². The van der Waals surface area contributed by atoms with Crippen LogP contribution in [0, 0.1) is 23.0 Å². The van der Waals surface area contributed by atoms with Gasteiger partial charge in [-0.1, -0.05) is 29.3 Å². The Kier molecular flexibility index (Phi) is 4.43. The number of rotatable bonds is 3. The summed E-state index contributed by atoms with van der Waals surface area (Å²) < 4.78 is 27.4. The fourth-order valence-electron chi connectivity index (χ4n) is 1.68. The van der Waals surface area contributed by atoms with E-state index in [0.717, 1.165) is 12.1 Å². The summed E-state index contributed by atoms with van der Waals surface area (Å²) in [6.07, 6.45) is 0. The molecule has 6 heteroatoms. The van der Waals surface area contributed by atoms with Crippen LogP contribution in [0.5, 0.6) is 0 Å². The fraction of sp³-hybridized carbons (Fsp3) is 0.0714. The molecule has 0 bridgehead atoms. The minimum absolute atomic E-state index is 0.0699. The normalized spacial score (nSPS) is 10.2. The van der Waals surface area contributed by atoms with Crippen molar-refractivity contribution in [2.75, 3.05) is 5.32 Å². The first-order valence-corrected chi connectivity index (χ1v) is 6.34. The summed E-state index contributed by atoms with van der Waals surface area (Å²) in [4.78, 5) is 0. The van der Waals surface area contributed by atoms with Crippen LogP contribution in [0.25, 0.3) is 0 Å². The smallest absolute Gasteiger partial charge is 0.132 e. The summed E-state index contributed by atoms with van der Waals surface area (Å²) >= 11 is 11.9. The third kappa shape index (κ3) is 3.01. The van der Waals surface area contributed by atoms with Crippen LogP contribution in [0.3, 0.4) is 0 Å². The van der Waals surface area contributed by atoms with E-state index in [1.807, 2.05) is 0 Å². The van der Waals surface area contributed by atoms with Gasteiger partial charge in [-0.15, -0.1) is 0 Å². The monoisotopic (exact) mass is 312 g/mol. The third-order valence-electron chi connectivity index (χ3n) is 2.67. The van der Waals surface area contributed by atoms with Crippen LogP contribution in [0.2, 0.25) is 10.0 Å². The van der Waals surface area contributed by atoms with Crippen molar-refractivity contribution in [2.45, 2.75) is 6.54 Å². The number of anilines is 1. The maximum Gasteiger partial charge on any atom is 0.132 e. The van der Waals surface area contributed by atoms with Gasteiger partial charge in [0.05, 0.1) is 27.4 Å². The minimum atomic E-state index is -0.794. The lowest BCUT2D eigenvalue weighted by atomic mass is 10.1. The molecule has 0 radical (unpaired) electrons. The summed E-state index contributed by atoms with van der Waals surface area (Å²) in [5.41, 5.74) is 0.151. The van der Waals surface area contributed by atoms with Crippen LogP contribution in [0.15, 0.2) is 30.3 Å². The number of hydrogen-bond acceptors (Lipinski definition) is 2. The number of halogens is 4. The topological polar surface area (TPSA) is 35.8 Å². The quantitative estimate of drug-likeness (QED) is 0.887. The number of nitrogens with zero attached hydrogens (tertiary/aromatic N) is 1. The summed E-state index contributed by atoms with van der Waals surface area (Å²) in [5.74, 6) is -1.59. The van der Waals surface area contributed by atoms with E-state index in [1.165, 1.54) is 0 Å². The molecule has 0 aliphatic carbocycles. The van der Waals surface area contributed by atoms with Crippen molar-refractivity contribution in [1.82, 2.24) is 0 Å². The molecule has 0 aliphatic heterocycles. The van der Waals surface area contributed by atoms with E-state index >= 15 is 0 Å². The minimum Gasteiger partial charge on any atom is -0.378 e. The molecular formula is C14H8Cl2F2N2. The molecule has 0 spiro atoms. The van der Waals surface area contributed by atoms with Crippen LogP contribution in [0.4, 0.5) is 14.5 Å². The molecule has 0 amide bonds. The van der Waals surface area contributed by atoms with Gasteiger partial charge in [0.2, 0.25) is 0 Å². The number of nitrogens with one attached hydrogen (secondary N) is 1. The zero-order valence-electron chi connectivity index (χ0n) is 10.1. The van der Waals surface area contributed by atoms with Crippen LogP contribution in [0.1, 0.15) is 11.1 Å². The summed E-state index contributed by atoms with van der Waals surface area (Å²) in [6, 6.07) is 8.54. The molecule has 0 atom stereocenters. The lowest BCUT2D eigenvalue weighted by molar-refractivity contribution is 0.559. The molecule has 0 unspecified atom stereocenters. The highest BCUT2D eigenvalue weighted by Gasteiger charge is 2.12. The van der Waals surface area contributed by atoms with Gasteiger partial charge in [-0.05, 0) is 24.3 Å². The highest BCUT2D eigenvalue weighted by Crippen LogP contribution is 2.30. The van der Waals surface area contributed by atoms with Gasteiger partial charge < -0.3 is 5.32 Å². The second-order valence-corrected chi connectivity index (χ2v) is 4.79. The number of hydrogen-bond donors (Lipinski definition) is 1. The number of nitriles is 1. The van der Waals surface area contributed by atoms with Crippen molar-refractivity contribution in [2.24, 2.45) is 0 Å². The van der Waals surface area contributed by atoms with Crippen molar-refractivity contribution in [3.63, 3.8) is 0 Å². The number of benzene rings is 2. The predicted molar refractivity (Wildman–Crippen MR) is 74.9 cm³/mol. The van der Waals surface area contributed by atoms with Gasteiger partial charge in [0.1, 0.15) is 11.6 Å². The maximum atomic E-state index is 13.7. The zero-order chi connectivity index (χ0) is 14.7. The Balaban J connectivity index is 2.26. The molecule has 0 aliphatic rings. The first kappa shape index (κ1) is 14.6. The molecule has 20 heavy (non-hydrogen) atoms. The van der Waals surface area contributed by atoms with Crippen LogP contribution >= 0.6 is 23.2 Å². The molecular weight excluding hydrogens is 305 g/mol. The van der Waals surface area contributed by atoms with Crippen LogP contribution in [-0.4, -0.2) is 0 Å². The molecule has 2 aromatic carbocycles. The zero-order valence-corrected chi connectivity index (χ0v) is 11.6. The molecule has 2 nitrogen and oxygen atoms in total. The van der Waals surface area contributed by atoms with Gasteiger partial charge in [0, 0.05) is 12.1 Å². The van der Waals surface area contributed by atoms with Crippen molar-refractivity contribution < 1.29 is 8.78 Å². The Labute approximate surface area is 124 Å². The van der Waals surface area contributed by atoms with Crippen molar-refractivity contribution >= 4 is 28.9 Å². The molecule has 0 saturated carbocycles. The molecule has 0 fully saturated rings. The van der Waals surface area contributed by atoms with E-state index in [2.05, 4.69) is 5.32 Å². The average molecular weight is 313 g/mol. The molecule has 0 heterocycles. The molecule has 0 aromatic heterocycles. The highest BCUT2D eigenvalue weighted by molar-refractivity contribution is 6.39. The average Bonchev–Trinajstić information content (AvgIpc) is 2.40. The summed E-state index contributed by atoms with van der Waals surface area (Å²) in [6.45, 7) is -0.132. The Hall–Kier alpha value is -1.83. The van der Waals surface area contributed by atoms with Crippen molar-refractivity contribution in [3.8, 4) is 6.07 Å². The Bertz CT molecular complexity index is 653. The van der Waals surface area contributed by atoms with Gasteiger partial charge in [-0.25, -0.2) is 8.78 Å². The standard InChI is InChI=1S/C14H8Cl2F2N2/c15-10-2-1-3-11(16)14(10)20-7-9-12(17)4-8(6-19)5-13(9)18/h1-5,20H,7H2. The summed E-state index contributed by atoms with van der Waals surface area (Å²) in [7, 11) is 0. The Morgan fingerprint density at radius 1 is 1.10 bits per heavy atom. The van der Waals surface area contributed by atoms with Gasteiger partial charge >= 0.3 is 0 Å². The molecule has 1 N–H and O–H groups in total. The predicted octanol–water partition coefficient (Wildman–Crippen LogP) is 4.76. The lowest BCUT2D eigenvalue weighted by Crippen LogP contribution is -2.06. The van der Waals surface area contributed by atoms with Crippen LogP contribution in [-0.2, 0) is 6.54 Å². The first-order valence-electron chi connectivity index (χ1n) is 5.59. The lowest BCUT2D eigenvalue weighted by Gasteiger charge is -2.11. The van der Waals surface area contributed by atoms with E-state index in [0.29, 0.717) is 15.7 Å². The highest BCUT2D eigenvalue weighted by atomic mass is 35.5. The van der Waals surface area contributed by atoms with Crippen LogP contribution < -0.4 is 5.32 Å². The Morgan fingerprint density at radius 3 is 2.15 bits per heavy atom. The molecule has 2 aromatic rings. The first-order chi connectivity index (χ1) is 9.52. The van der Waals surface area contributed by atoms with Gasteiger partial charge in [-0.2, -0.15) is 5.26 Å². The molecule has 2 rings (SSSR count). The SMILES string of the molecule is N#Cc1cc(F)c(CNc2c(Cl)cccc2Cl)c(F)c1. The number of para-hydroxylation sites is 1.